The molecule has 2 aromatic heterocycles. The molecule has 0 bridgehead atoms. The van der Waals surface area contributed by atoms with Crippen molar-refractivity contribution >= 4 is 17.4 Å². The van der Waals surface area contributed by atoms with Gasteiger partial charge in [0.1, 0.15) is 17.2 Å². The van der Waals surface area contributed by atoms with E-state index in [9.17, 15) is 4.79 Å². The molecule has 0 N–H and O–H groups in total. The van der Waals surface area contributed by atoms with Crippen LogP contribution in [0.3, 0.4) is 0 Å². The van der Waals surface area contributed by atoms with E-state index in [1.54, 1.807) is 23.2 Å². The number of fused-ring (bicyclic) bond motifs is 1. The maximum atomic E-state index is 12.3. The lowest BCUT2D eigenvalue weighted by Crippen LogP contribution is -2.28. The molecular formula is C14H14ClN3O. The van der Waals surface area contributed by atoms with Crippen LogP contribution in [0.4, 0.5) is 0 Å². The van der Waals surface area contributed by atoms with Crippen LogP contribution in [0, 0.1) is 5.41 Å². The molecule has 2 aromatic rings. The fourth-order valence-corrected chi connectivity index (χ4v) is 2.66. The molecule has 0 fully saturated rings. The van der Waals surface area contributed by atoms with Gasteiger partial charge in [0.05, 0.1) is 17.6 Å². The number of nitrogens with zero attached hydrogens (tertiary/aromatic N) is 3. The van der Waals surface area contributed by atoms with Crippen LogP contribution >= 0.6 is 11.6 Å². The van der Waals surface area contributed by atoms with Gasteiger partial charge in [-0.25, -0.2) is 9.97 Å². The number of carbonyl (C=O) groups excluding carboxylic acids is 1. The van der Waals surface area contributed by atoms with Crippen LogP contribution in [0.15, 0.2) is 24.7 Å². The van der Waals surface area contributed by atoms with E-state index in [0.29, 0.717) is 17.3 Å². The van der Waals surface area contributed by atoms with E-state index in [-0.39, 0.29) is 11.2 Å². The van der Waals surface area contributed by atoms with Gasteiger partial charge < -0.3 is 0 Å². The fraction of sp³-hybridized carbons (Fsp3) is 0.357. The molecule has 1 aliphatic carbocycles. The molecule has 0 atom stereocenters. The fourth-order valence-electron chi connectivity index (χ4n) is 2.55. The van der Waals surface area contributed by atoms with Crippen molar-refractivity contribution in [3.8, 4) is 5.69 Å². The zero-order chi connectivity index (χ0) is 13.6. The Morgan fingerprint density at radius 1 is 1.26 bits per heavy atom. The highest BCUT2D eigenvalue weighted by Crippen LogP contribution is 2.34. The summed E-state index contributed by atoms with van der Waals surface area (Å²) in [6.45, 7) is 4.19. The van der Waals surface area contributed by atoms with Crippen molar-refractivity contribution < 1.29 is 4.79 Å². The summed E-state index contributed by atoms with van der Waals surface area (Å²) < 4.78 is 1.80. The van der Waals surface area contributed by atoms with Crippen LogP contribution in [-0.2, 0) is 6.42 Å². The third-order valence-corrected chi connectivity index (χ3v) is 3.61. The number of pyridine rings is 1. The Hall–Kier alpha value is -1.68. The number of halogens is 1. The lowest BCUT2D eigenvalue weighted by atomic mass is 9.77. The molecule has 0 aliphatic heterocycles. The lowest BCUT2D eigenvalue weighted by Gasteiger charge is -2.28. The van der Waals surface area contributed by atoms with Crippen molar-refractivity contribution in [1.29, 1.82) is 0 Å². The van der Waals surface area contributed by atoms with Crippen molar-refractivity contribution in [1.82, 2.24) is 14.5 Å². The molecule has 2 heterocycles. The van der Waals surface area contributed by atoms with E-state index >= 15 is 0 Å². The molecule has 0 unspecified atom stereocenters. The molecule has 0 amide bonds. The molecule has 98 valence electrons. The number of hydrogen-bond donors (Lipinski definition) is 0. The third kappa shape index (κ3) is 2.16. The number of rotatable bonds is 1. The topological polar surface area (TPSA) is 47.8 Å². The van der Waals surface area contributed by atoms with Crippen LogP contribution in [0.2, 0.25) is 5.15 Å². The molecule has 0 aromatic carbocycles. The van der Waals surface area contributed by atoms with Gasteiger partial charge in [-0.15, -0.1) is 0 Å². The van der Waals surface area contributed by atoms with E-state index in [1.165, 1.54) is 0 Å². The summed E-state index contributed by atoms with van der Waals surface area (Å²) in [5.74, 6) is 0.138. The summed E-state index contributed by atoms with van der Waals surface area (Å²) >= 11 is 5.78. The Morgan fingerprint density at radius 2 is 2.05 bits per heavy atom. The molecule has 19 heavy (non-hydrogen) atoms. The van der Waals surface area contributed by atoms with Crippen molar-refractivity contribution in [2.75, 3.05) is 0 Å². The van der Waals surface area contributed by atoms with E-state index in [2.05, 4.69) is 23.8 Å². The van der Waals surface area contributed by atoms with Gasteiger partial charge in [-0.05, 0) is 24.0 Å². The first-order valence-corrected chi connectivity index (χ1v) is 6.55. The second-order valence-corrected chi connectivity index (χ2v) is 6.08. The summed E-state index contributed by atoms with van der Waals surface area (Å²) in [7, 11) is 0. The van der Waals surface area contributed by atoms with Crippen molar-refractivity contribution in [3.05, 3.63) is 41.2 Å². The van der Waals surface area contributed by atoms with Crippen LogP contribution in [0.5, 0.6) is 0 Å². The van der Waals surface area contributed by atoms with Gasteiger partial charge in [0, 0.05) is 6.42 Å². The number of imidazole rings is 1. The summed E-state index contributed by atoms with van der Waals surface area (Å²) in [4.78, 5) is 20.7. The Morgan fingerprint density at radius 3 is 2.74 bits per heavy atom. The minimum absolute atomic E-state index is 0.0124. The van der Waals surface area contributed by atoms with Crippen LogP contribution in [0.1, 0.15) is 36.5 Å². The Bertz CT molecular complexity index is 643. The monoisotopic (exact) mass is 275 g/mol. The average molecular weight is 276 g/mol. The lowest BCUT2D eigenvalue weighted by molar-refractivity contribution is 0.0904. The Balaban J connectivity index is 2.09. The van der Waals surface area contributed by atoms with Crippen LogP contribution < -0.4 is 0 Å². The summed E-state index contributed by atoms with van der Waals surface area (Å²) in [6.07, 6.45) is 4.71. The number of Topliss-reactive ketones (excluding diaryl/α,β-unsaturated/α-hetero) is 1. The van der Waals surface area contributed by atoms with Crippen molar-refractivity contribution in [2.24, 2.45) is 5.41 Å². The minimum atomic E-state index is -0.0124. The summed E-state index contributed by atoms with van der Waals surface area (Å²) in [5, 5.41) is 0.435. The van der Waals surface area contributed by atoms with Gasteiger partial charge >= 0.3 is 0 Å². The van der Waals surface area contributed by atoms with Gasteiger partial charge in [-0.2, -0.15) is 0 Å². The third-order valence-electron chi connectivity index (χ3n) is 3.38. The molecule has 1 aliphatic rings. The van der Waals surface area contributed by atoms with E-state index < -0.39 is 0 Å². The number of carbonyl (C=O) groups is 1. The Labute approximate surface area is 116 Å². The van der Waals surface area contributed by atoms with Gasteiger partial charge in [-0.1, -0.05) is 25.4 Å². The molecule has 0 radical (unpaired) electrons. The maximum Gasteiger partial charge on any atom is 0.182 e. The zero-order valence-corrected chi connectivity index (χ0v) is 11.6. The smallest absolute Gasteiger partial charge is 0.182 e. The van der Waals surface area contributed by atoms with Gasteiger partial charge in [0.2, 0.25) is 0 Å². The number of ketones is 1. The predicted molar refractivity (Wildman–Crippen MR) is 72.8 cm³/mol. The first-order valence-electron chi connectivity index (χ1n) is 6.18. The number of hydrogen-bond acceptors (Lipinski definition) is 3. The van der Waals surface area contributed by atoms with Gasteiger partial charge in [0.15, 0.2) is 5.78 Å². The molecule has 0 saturated heterocycles. The first-order chi connectivity index (χ1) is 8.96. The van der Waals surface area contributed by atoms with Crippen molar-refractivity contribution in [2.45, 2.75) is 26.7 Å². The van der Waals surface area contributed by atoms with Crippen LogP contribution in [0.25, 0.3) is 5.69 Å². The normalized spacial score (nSPS) is 17.3. The van der Waals surface area contributed by atoms with E-state index in [4.69, 9.17) is 11.6 Å². The second-order valence-electron chi connectivity index (χ2n) is 5.69. The summed E-state index contributed by atoms with van der Waals surface area (Å²) in [5.41, 5.74) is 2.35. The minimum Gasteiger partial charge on any atom is -0.294 e. The largest absolute Gasteiger partial charge is 0.294 e. The van der Waals surface area contributed by atoms with Gasteiger partial charge in [0.25, 0.3) is 0 Å². The quantitative estimate of drug-likeness (QED) is 0.752. The standard InChI is InChI=1S/C14H14ClN3O/c1-14(2)5-10-13(11(19)6-14)18(8-17-10)9-3-4-12(15)16-7-9/h3-4,7-8H,5-6H2,1-2H3. The second kappa shape index (κ2) is 4.17. The molecular weight excluding hydrogens is 262 g/mol. The van der Waals surface area contributed by atoms with Crippen LogP contribution in [-0.4, -0.2) is 20.3 Å². The molecule has 0 saturated carbocycles. The maximum absolute atomic E-state index is 12.3. The van der Waals surface area contributed by atoms with Crippen molar-refractivity contribution in [3.63, 3.8) is 0 Å². The van der Waals surface area contributed by atoms with E-state index in [0.717, 1.165) is 17.8 Å². The Kier molecular flexibility index (Phi) is 2.71. The first kappa shape index (κ1) is 12.4. The molecule has 3 rings (SSSR count). The highest BCUT2D eigenvalue weighted by molar-refractivity contribution is 6.29. The number of aromatic nitrogens is 3. The molecule has 5 heteroatoms. The highest BCUT2D eigenvalue weighted by Gasteiger charge is 2.34. The highest BCUT2D eigenvalue weighted by atomic mass is 35.5. The zero-order valence-electron chi connectivity index (χ0n) is 10.9. The average Bonchev–Trinajstić information content (AvgIpc) is 2.72. The summed E-state index contributed by atoms with van der Waals surface area (Å²) in [6, 6.07) is 3.55. The van der Waals surface area contributed by atoms with Gasteiger partial charge in [-0.3, -0.25) is 9.36 Å². The molecule has 4 nitrogen and oxygen atoms in total. The predicted octanol–water partition coefficient (Wildman–Crippen LogP) is 3.08. The SMILES string of the molecule is CC1(C)CC(=O)c2c(ncn2-c2ccc(Cl)nc2)C1. The molecule has 0 spiro atoms. The van der Waals surface area contributed by atoms with E-state index in [1.807, 2.05) is 6.07 Å².